The first-order valence-electron chi connectivity index (χ1n) is 6.01. The molecule has 6 heteroatoms. The Bertz CT molecular complexity index is 692. The van der Waals surface area contributed by atoms with E-state index in [9.17, 15) is 9.59 Å². The van der Waals surface area contributed by atoms with Crippen molar-refractivity contribution in [2.75, 3.05) is 0 Å². The first-order chi connectivity index (χ1) is 9.06. The van der Waals surface area contributed by atoms with E-state index in [-0.39, 0.29) is 17.7 Å². The van der Waals surface area contributed by atoms with Gasteiger partial charge in [-0.15, -0.1) is 0 Å². The zero-order valence-electron chi connectivity index (χ0n) is 10.3. The molecule has 2 aromatic rings. The predicted octanol–water partition coefficient (Wildman–Crippen LogP) is 1.86. The number of fused-ring (bicyclic) bond motifs is 1. The Morgan fingerprint density at radius 2 is 2.21 bits per heavy atom. The average Bonchev–Trinajstić information content (AvgIpc) is 2.71. The maximum atomic E-state index is 12.0. The molecule has 5 nitrogen and oxygen atoms in total. The minimum atomic E-state index is -0.290. The van der Waals surface area contributed by atoms with Crippen molar-refractivity contribution in [1.29, 1.82) is 0 Å². The van der Waals surface area contributed by atoms with Crippen LogP contribution in [0, 0.1) is 0 Å². The van der Waals surface area contributed by atoms with Crippen LogP contribution in [0.5, 0.6) is 0 Å². The molecule has 1 aliphatic heterocycles. The number of carbonyl (C=O) groups excluding carboxylic acids is 2. The molecule has 1 aromatic heterocycles. The van der Waals surface area contributed by atoms with Crippen molar-refractivity contribution in [3.05, 3.63) is 28.4 Å². The molecule has 1 aromatic carbocycles. The van der Waals surface area contributed by atoms with Gasteiger partial charge in [0, 0.05) is 23.3 Å². The molecule has 1 unspecified atom stereocenters. The number of benzene rings is 1. The highest BCUT2D eigenvalue weighted by atomic mass is 79.9. The van der Waals surface area contributed by atoms with E-state index >= 15 is 0 Å². The van der Waals surface area contributed by atoms with Gasteiger partial charge < -0.3 is 0 Å². The molecule has 0 radical (unpaired) electrons. The number of piperidine rings is 1. The predicted molar refractivity (Wildman–Crippen MR) is 73.5 cm³/mol. The molecule has 98 valence electrons. The quantitative estimate of drug-likeness (QED) is 0.815. The molecule has 0 bridgehead atoms. The van der Waals surface area contributed by atoms with Crippen LogP contribution in [0.4, 0.5) is 0 Å². The van der Waals surface area contributed by atoms with Gasteiger partial charge in [0.1, 0.15) is 0 Å². The van der Waals surface area contributed by atoms with Crippen LogP contribution in [-0.2, 0) is 16.6 Å². The molecule has 1 aliphatic rings. The first-order valence-corrected chi connectivity index (χ1v) is 6.80. The van der Waals surface area contributed by atoms with Crippen molar-refractivity contribution in [2.24, 2.45) is 7.05 Å². The van der Waals surface area contributed by atoms with Crippen molar-refractivity contribution in [3.63, 3.8) is 0 Å². The van der Waals surface area contributed by atoms with Crippen LogP contribution in [0.2, 0.25) is 0 Å². The van der Waals surface area contributed by atoms with Gasteiger partial charge in [-0.05, 0) is 24.1 Å². The highest BCUT2D eigenvalue weighted by Crippen LogP contribution is 2.33. The minimum absolute atomic E-state index is 0.196. The molecule has 1 fully saturated rings. The van der Waals surface area contributed by atoms with Crippen LogP contribution in [0.1, 0.15) is 24.3 Å². The van der Waals surface area contributed by atoms with Gasteiger partial charge in [0.15, 0.2) is 0 Å². The SMILES string of the molecule is Cn1ncc2c(C3CCC(=O)NC3=O)cc(Br)cc21. The Morgan fingerprint density at radius 3 is 2.95 bits per heavy atom. The van der Waals surface area contributed by atoms with Crippen LogP contribution >= 0.6 is 15.9 Å². The topological polar surface area (TPSA) is 64.0 Å². The van der Waals surface area contributed by atoms with Gasteiger partial charge in [0.05, 0.1) is 17.6 Å². The third-order valence-electron chi connectivity index (χ3n) is 3.48. The Morgan fingerprint density at radius 1 is 1.42 bits per heavy atom. The number of hydrogen-bond acceptors (Lipinski definition) is 3. The second-order valence-corrected chi connectivity index (χ2v) is 5.62. The highest BCUT2D eigenvalue weighted by molar-refractivity contribution is 9.10. The molecular weight excluding hydrogens is 310 g/mol. The number of amides is 2. The molecule has 1 N–H and O–H groups in total. The number of imide groups is 1. The van der Waals surface area contributed by atoms with E-state index in [2.05, 4.69) is 26.3 Å². The number of carbonyl (C=O) groups is 2. The first kappa shape index (κ1) is 12.3. The molecule has 3 rings (SSSR count). The van der Waals surface area contributed by atoms with Gasteiger partial charge in [-0.3, -0.25) is 19.6 Å². The van der Waals surface area contributed by atoms with E-state index in [1.807, 2.05) is 19.2 Å². The number of hydrogen-bond donors (Lipinski definition) is 1. The van der Waals surface area contributed by atoms with Gasteiger partial charge >= 0.3 is 0 Å². The fraction of sp³-hybridized carbons (Fsp3) is 0.308. The fourth-order valence-corrected chi connectivity index (χ4v) is 2.98. The summed E-state index contributed by atoms with van der Waals surface area (Å²) in [5.41, 5.74) is 1.89. The van der Waals surface area contributed by atoms with E-state index < -0.39 is 0 Å². The van der Waals surface area contributed by atoms with Crippen LogP contribution in [0.25, 0.3) is 10.9 Å². The summed E-state index contributed by atoms with van der Waals surface area (Å²) in [6.07, 6.45) is 2.69. The Balaban J connectivity index is 2.14. The largest absolute Gasteiger partial charge is 0.296 e. The summed E-state index contributed by atoms with van der Waals surface area (Å²) in [6.45, 7) is 0. The van der Waals surface area contributed by atoms with Gasteiger partial charge in [0.2, 0.25) is 11.8 Å². The summed E-state index contributed by atoms with van der Waals surface area (Å²) < 4.78 is 2.68. The smallest absolute Gasteiger partial charge is 0.234 e. The second-order valence-electron chi connectivity index (χ2n) is 4.70. The van der Waals surface area contributed by atoms with E-state index in [1.54, 1.807) is 10.9 Å². The van der Waals surface area contributed by atoms with Crippen molar-refractivity contribution in [3.8, 4) is 0 Å². The molecule has 19 heavy (non-hydrogen) atoms. The van der Waals surface area contributed by atoms with Gasteiger partial charge in [0.25, 0.3) is 0 Å². The molecule has 2 heterocycles. The van der Waals surface area contributed by atoms with Crippen molar-refractivity contribution >= 4 is 38.6 Å². The van der Waals surface area contributed by atoms with Gasteiger partial charge in [-0.2, -0.15) is 5.10 Å². The molecule has 2 amide bonds. The summed E-state index contributed by atoms with van der Waals surface area (Å²) in [6, 6.07) is 3.90. The summed E-state index contributed by atoms with van der Waals surface area (Å²) in [5, 5.41) is 7.59. The Kier molecular flexibility index (Phi) is 2.89. The van der Waals surface area contributed by atoms with Crippen molar-refractivity contribution in [1.82, 2.24) is 15.1 Å². The highest BCUT2D eigenvalue weighted by Gasteiger charge is 2.29. The monoisotopic (exact) mass is 321 g/mol. The van der Waals surface area contributed by atoms with E-state index in [0.717, 1.165) is 20.9 Å². The van der Waals surface area contributed by atoms with Gasteiger partial charge in [-0.25, -0.2) is 0 Å². The lowest BCUT2D eigenvalue weighted by Crippen LogP contribution is -2.39. The van der Waals surface area contributed by atoms with E-state index in [0.29, 0.717) is 12.8 Å². The number of nitrogens with zero attached hydrogens (tertiary/aromatic N) is 2. The molecular formula is C13H12BrN3O2. The normalized spacial score (nSPS) is 19.8. The third-order valence-corrected chi connectivity index (χ3v) is 3.94. The number of nitrogens with one attached hydrogen (secondary N) is 1. The third kappa shape index (κ3) is 2.06. The Hall–Kier alpha value is -1.69. The molecule has 1 atom stereocenters. The van der Waals surface area contributed by atoms with Crippen LogP contribution in [0.15, 0.2) is 22.8 Å². The second kappa shape index (κ2) is 4.45. The number of aryl methyl sites for hydroxylation is 1. The summed E-state index contributed by atoms with van der Waals surface area (Å²) in [7, 11) is 1.86. The maximum absolute atomic E-state index is 12.0. The molecule has 0 saturated carbocycles. The number of rotatable bonds is 1. The zero-order chi connectivity index (χ0) is 13.6. The summed E-state index contributed by atoms with van der Waals surface area (Å²) in [4.78, 5) is 23.2. The van der Waals surface area contributed by atoms with Crippen LogP contribution < -0.4 is 5.32 Å². The number of aromatic nitrogens is 2. The maximum Gasteiger partial charge on any atom is 0.234 e. The average molecular weight is 322 g/mol. The van der Waals surface area contributed by atoms with Crippen LogP contribution in [-0.4, -0.2) is 21.6 Å². The van der Waals surface area contributed by atoms with Crippen molar-refractivity contribution < 1.29 is 9.59 Å². The number of halogens is 1. The van der Waals surface area contributed by atoms with E-state index in [4.69, 9.17) is 0 Å². The molecule has 0 spiro atoms. The summed E-state index contributed by atoms with van der Waals surface area (Å²) >= 11 is 3.46. The fourth-order valence-electron chi connectivity index (χ4n) is 2.52. The standard InChI is InChI=1S/C13H12BrN3O2/c1-17-11-5-7(14)4-9(10(11)6-15-17)8-2-3-12(18)16-13(8)19/h4-6,8H,2-3H2,1H3,(H,16,18,19). The molecule has 0 aliphatic carbocycles. The van der Waals surface area contributed by atoms with Crippen molar-refractivity contribution in [2.45, 2.75) is 18.8 Å². The zero-order valence-corrected chi connectivity index (χ0v) is 11.9. The molecule has 1 saturated heterocycles. The minimum Gasteiger partial charge on any atom is -0.296 e. The lowest BCUT2D eigenvalue weighted by molar-refractivity contribution is -0.134. The lowest BCUT2D eigenvalue weighted by Gasteiger charge is -2.21. The lowest BCUT2D eigenvalue weighted by atomic mass is 9.88. The Labute approximate surface area is 118 Å². The van der Waals surface area contributed by atoms with Crippen LogP contribution in [0.3, 0.4) is 0 Å². The van der Waals surface area contributed by atoms with E-state index in [1.165, 1.54) is 0 Å². The van der Waals surface area contributed by atoms with Gasteiger partial charge in [-0.1, -0.05) is 15.9 Å². The summed E-state index contributed by atoms with van der Waals surface area (Å²) in [5.74, 6) is -0.708.